The minimum atomic E-state index is -4.35. The molecule has 6 nitrogen and oxygen atoms in total. The molecule has 23 heavy (non-hydrogen) atoms. The van der Waals surface area contributed by atoms with Crippen LogP contribution in [0, 0.1) is 13.8 Å². The van der Waals surface area contributed by atoms with Gasteiger partial charge in [0.15, 0.2) is 0 Å². The number of hydrogen-bond donors (Lipinski definition) is 0. The number of hydrogen-bond acceptors (Lipinski definition) is 6. The summed E-state index contributed by atoms with van der Waals surface area (Å²) in [7, 11) is -8.69. The van der Waals surface area contributed by atoms with E-state index in [-0.39, 0.29) is 11.5 Å². The zero-order chi connectivity index (χ0) is 17.1. The molecule has 0 aliphatic heterocycles. The SMILES string of the molecule is Cc1ccc(OS(=O)(=O)CS(=O)(=O)Oc2ccc(C)cc2)cc1. The molecule has 0 aliphatic carbocycles. The van der Waals surface area contributed by atoms with Crippen molar-refractivity contribution in [2.75, 3.05) is 5.08 Å². The largest absolute Gasteiger partial charge is 0.382 e. The second-order valence-electron chi connectivity index (χ2n) is 5.03. The second-order valence-corrected chi connectivity index (χ2v) is 8.53. The summed E-state index contributed by atoms with van der Waals surface area (Å²) in [6, 6.07) is 12.4. The van der Waals surface area contributed by atoms with Crippen LogP contribution in [0.3, 0.4) is 0 Å². The van der Waals surface area contributed by atoms with Crippen LogP contribution in [0.15, 0.2) is 48.5 Å². The molecule has 0 amide bonds. The highest BCUT2D eigenvalue weighted by Gasteiger charge is 2.26. The maximum absolute atomic E-state index is 11.9. The van der Waals surface area contributed by atoms with Crippen molar-refractivity contribution in [2.24, 2.45) is 0 Å². The molecule has 0 aromatic heterocycles. The smallest absolute Gasteiger partial charge is 0.327 e. The van der Waals surface area contributed by atoms with Crippen LogP contribution in [0.4, 0.5) is 0 Å². The second kappa shape index (κ2) is 6.59. The van der Waals surface area contributed by atoms with Crippen molar-refractivity contribution in [3.8, 4) is 11.5 Å². The van der Waals surface area contributed by atoms with Crippen LogP contribution in [0.1, 0.15) is 11.1 Å². The molecular weight excluding hydrogens is 340 g/mol. The maximum Gasteiger partial charge on any atom is 0.327 e. The van der Waals surface area contributed by atoms with Gasteiger partial charge in [-0.25, -0.2) is 0 Å². The Labute approximate surface area is 135 Å². The molecule has 0 saturated carbocycles. The van der Waals surface area contributed by atoms with Crippen molar-refractivity contribution < 1.29 is 25.2 Å². The van der Waals surface area contributed by atoms with Gasteiger partial charge in [0.05, 0.1) is 0 Å². The zero-order valence-electron chi connectivity index (χ0n) is 12.6. The number of rotatable bonds is 6. The van der Waals surface area contributed by atoms with Gasteiger partial charge in [-0.3, -0.25) is 0 Å². The molecule has 2 aromatic rings. The lowest BCUT2D eigenvalue weighted by Crippen LogP contribution is -2.24. The monoisotopic (exact) mass is 356 g/mol. The summed E-state index contributed by atoms with van der Waals surface area (Å²) in [5, 5.41) is -1.28. The van der Waals surface area contributed by atoms with Gasteiger partial charge in [0, 0.05) is 0 Å². The summed E-state index contributed by atoms with van der Waals surface area (Å²) in [5.41, 5.74) is 1.84. The lowest BCUT2D eigenvalue weighted by molar-refractivity contribution is 0.475. The quantitative estimate of drug-likeness (QED) is 0.739. The molecule has 0 saturated heterocycles. The van der Waals surface area contributed by atoms with Crippen LogP contribution < -0.4 is 8.37 Å². The Morgan fingerprint density at radius 2 is 0.957 bits per heavy atom. The van der Waals surface area contributed by atoms with E-state index >= 15 is 0 Å². The molecule has 8 heteroatoms. The van der Waals surface area contributed by atoms with Gasteiger partial charge in [-0.1, -0.05) is 35.4 Å². The summed E-state index contributed by atoms with van der Waals surface area (Å²) < 4.78 is 57.0. The van der Waals surface area contributed by atoms with Crippen molar-refractivity contribution in [1.29, 1.82) is 0 Å². The molecule has 0 fully saturated rings. The Balaban J connectivity index is 2.08. The average Bonchev–Trinajstić information content (AvgIpc) is 2.42. The Morgan fingerprint density at radius 1 is 0.652 bits per heavy atom. The molecule has 2 rings (SSSR count). The van der Waals surface area contributed by atoms with Crippen LogP contribution in [-0.4, -0.2) is 21.9 Å². The Morgan fingerprint density at radius 3 is 1.26 bits per heavy atom. The predicted molar refractivity (Wildman–Crippen MR) is 86.3 cm³/mol. The van der Waals surface area contributed by atoms with Gasteiger partial charge < -0.3 is 8.37 Å². The highest BCUT2D eigenvalue weighted by Crippen LogP contribution is 2.18. The van der Waals surface area contributed by atoms with Gasteiger partial charge in [-0.2, -0.15) is 16.8 Å². The van der Waals surface area contributed by atoms with Gasteiger partial charge in [0.1, 0.15) is 11.5 Å². The van der Waals surface area contributed by atoms with Crippen molar-refractivity contribution in [3.05, 3.63) is 59.7 Å². The number of aryl methyl sites for hydroxylation is 2. The molecule has 0 radical (unpaired) electrons. The van der Waals surface area contributed by atoms with Gasteiger partial charge in [0.25, 0.3) is 0 Å². The minimum absolute atomic E-state index is 0.0427. The van der Waals surface area contributed by atoms with Crippen molar-refractivity contribution >= 4 is 20.2 Å². The Hall–Kier alpha value is -2.06. The molecule has 0 atom stereocenters. The van der Waals surface area contributed by atoms with E-state index in [0.29, 0.717) is 0 Å². The van der Waals surface area contributed by atoms with E-state index in [1.807, 2.05) is 13.8 Å². The van der Waals surface area contributed by atoms with E-state index in [9.17, 15) is 16.8 Å². The first-order valence-electron chi connectivity index (χ1n) is 6.63. The van der Waals surface area contributed by atoms with E-state index in [4.69, 9.17) is 8.37 Å². The van der Waals surface area contributed by atoms with E-state index in [2.05, 4.69) is 0 Å². The van der Waals surface area contributed by atoms with Crippen LogP contribution in [0.2, 0.25) is 0 Å². The van der Waals surface area contributed by atoms with Gasteiger partial charge in [0.2, 0.25) is 5.08 Å². The van der Waals surface area contributed by atoms with E-state index in [0.717, 1.165) is 11.1 Å². The highest BCUT2D eigenvalue weighted by atomic mass is 32.3. The first-order chi connectivity index (χ1) is 10.7. The summed E-state index contributed by atoms with van der Waals surface area (Å²) in [5.74, 6) is 0.0854. The standard InChI is InChI=1S/C15H16O6S2/c1-12-3-7-14(8-4-12)20-22(16,17)11-23(18,19)21-15-9-5-13(2)6-10-15/h3-10H,11H2,1-2H3. The predicted octanol–water partition coefficient (Wildman–Crippen LogP) is 2.38. The van der Waals surface area contributed by atoms with Crippen LogP contribution in [0.25, 0.3) is 0 Å². The third-order valence-corrected chi connectivity index (χ3v) is 5.98. The lowest BCUT2D eigenvalue weighted by atomic mass is 10.2. The molecule has 0 bridgehead atoms. The summed E-state index contributed by atoms with van der Waals surface area (Å²) in [6.45, 7) is 3.66. The van der Waals surface area contributed by atoms with Crippen LogP contribution >= 0.6 is 0 Å². The molecule has 0 spiro atoms. The van der Waals surface area contributed by atoms with Gasteiger partial charge in [-0.15, -0.1) is 0 Å². The lowest BCUT2D eigenvalue weighted by Gasteiger charge is -2.09. The first kappa shape index (κ1) is 17.3. The fourth-order valence-electron chi connectivity index (χ4n) is 1.71. The molecule has 0 N–H and O–H groups in total. The van der Waals surface area contributed by atoms with E-state index < -0.39 is 25.3 Å². The van der Waals surface area contributed by atoms with Crippen molar-refractivity contribution in [2.45, 2.75) is 13.8 Å². The van der Waals surface area contributed by atoms with Crippen LogP contribution in [-0.2, 0) is 20.2 Å². The normalized spacial score (nSPS) is 11.9. The summed E-state index contributed by atoms with van der Waals surface area (Å²) in [6.07, 6.45) is 0. The third-order valence-electron chi connectivity index (χ3n) is 2.78. The van der Waals surface area contributed by atoms with E-state index in [1.54, 1.807) is 24.3 Å². The summed E-state index contributed by atoms with van der Waals surface area (Å²) >= 11 is 0. The molecule has 2 aromatic carbocycles. The topological polar surface area (TPSA) is 86.7 Å². The fraction of sp³-hybridized carbons (Fsp3) is 0.200. The van der Waals surface area contributed by atoms with Crippen molar-refractivity contribution in [1.82, 2.24) is 0 Å². The Bertz CT molecular complexity index is 791. The molecule has 0 unspecified atom stereocenters. The zero-order valence-corrected chi connectivity index (χ0v) is 14.2. The van der Waals surface area contributed by atoms with Gasteiger partial charge >= 0.3 is 20.2 Å². The molecule has 0 aliphatic rings. The van der Waals surface area contributed by atoms with Crippen LogP contribution in [0.5, 0.6) is 11.5 Å². The number of benzene rings is 2. The minimum Gasteiger partial charge on any atom is -0.382 e. The average molecular weight is 356 g/mol. The van der Waals surface area contributed by atoms with Crippen molar-refractivity contribution in [3.63, 3.8) is 0 Å². The first-order valence-corrected chi connectivity index (χ1v) is 9.78. The van der Waals surface area contributed by atoms with E-state index in [1.165, 1.54) is 24.3 Å². The maximum atomic E-state index is 11.9. The Kier molecular flexibility index (Phi) is 4.96. The third kappa shape index (κ3) is 5.57. The summed E-state index contributed by atoms with van der Waals surface area (Å²) in [4.78, 5) is 0. The molecule has 124 valence electrons. The molecular formula is C15H16O6S2. The fourth-order valence-corrected chi connectivity index (χ4v) is 4.31. The van der Waals surface area contributed by atoms with Gasteiger partial charge in [-0.05, 0) is 38.1 Å². The molecule has 0 heterocycles. The highest BCUT2D eigenvalue weighted by molar-refractivity contribution is 8.04.